The standard InChI is InChI=1S/C14H9N3O2S/c1-9(18)19-12-4-2-10(3-5-12)13-8-20-14(17-13)11(6-15)7-16/h2-5H,8H2,1H3. The molecule has 0 atom stereocenters. The van der Waals surface area contributed by atoms with Crippen LogP contribution in [0.25, 0.3) is 0 Å². The molecule has 5 nitrogen and oxygen atoms in total. The number of ether oxygens (including phenoxy) is 1. The van der Waals surface area contributed by atoms with Gasteiger partial charge >= 0.3 is 5.97 Å². The maximum Gasteiger partial charge on any atom is 0.308 e. The number of carbonyl (C=O) groups is 1. The van der Waals surface area contributed by atoms with Gasteiger partial charge in [0.15, 0.2) is 5.57 Å². The Balaban J connectivity index is 2.24. The number of hydrogen-bond acceptors (Lipinski definition) is 6. The molecule has 0 aromatic heterocycles. The summed E-state index contributed by atoms with van der Waals surface area (Å²) in [6, 6.07) is 10.6. The molecule has 0 amide bonds. The number of carbonyl (C=O) groups excluding carboxylic acids is 1. The van der Waals surface area contributed by atoms with Gasteiger partial charge in [-0.25, -0.2) is 4.99 Å². The van der Waals surface area contributed by atoms with Crippen LogP contribution in [-0.4, -0.2) is 17.4 Å². The summed E-state index contributed by atoms with van der Waals surface area (Å²) < 4.78 is 4.95. The molecule has 1 aliphatic rings. The first kappa shape index (κ1) is 13.9. The zero-order valence-corrected chi connectivity index (χ0v) is 11.4. The van der Waals surface area contributed by atoms with Crippen molar-refractivity contribution in [2.75, 3.05) is 5.75 Å². The van der Waals surface area contributed by atoms with Gasteiger partial charge in [0.25, 0.3) is 0 Å². The first-order valence-electron chi connectivity index (χ1n) is 5.67. The van der Waals surface area contributed by atoms with Crippen LogP contribution >= 0.6 is 11.8 Å². The highest BCUT2D eigenvalue weighted by Gasteiger charge is 2.17. The van der Waals surface area contributed by atoms with E-state index in [-0.39, 0.29) is 11.5 Å². The summed E-state index contributed by atoms with van der Waals surface area (Å²) >= 11 is 1.36. The Bertz CT molecular complexity index is 675. The largest absolute Gasteiger partial charge is 0.427 e. The second-order valence-corrected chi connectivity index (χ2v) is 4.83. The van der Waals surface area contributed by atoms with E-state index in [0.717, 1.165) is 11.3 Å². The summed E-state index contributed by atoms with van der Waals surface area (Å²) in [5.41, 5.74) is 1.70. The maximum atomic E-state index is 10.8. The lowest BCUT2D eigenvalue weighted by Crippen LogP contribution is -2.03. The van der Waals surface area contributed by atoms with E-state index in [2.05, 4.69) is 4.99 Å². The molecule has 0 aliphatic carbocycles. The Morgan fingerprint density at radius 3 is 2.50 bits per heavy atom. The van der Waals surface area contributed by atoms with Crippen molar-refractivity contribution in [1.29, 1.82) is 10.5 Å². The fourth-order valence-electron chi connectivity index (χ4n) is 1.60. The van der Waals surface area contributed by atoms with Crippen molar-refractivity contribution in [1.82, 2.24) is 0 Å². The molecule has 0 bridgehead atoms. The number of nitrogens with zero attached hydrogens (tertiary/aromatic N) is 3. The Kier molecular flexibility index (Phi) is 4.19. The molecular weight excluding hydrogens is 274 g/mol. The normalized spacial score (nSPS) is 13.2. The van der Waals surface area contributed by atoms with Crippen LogP contribution in [0.5, 0.6) is 5.75 Å². The van der Waals surface area contributed by atoms with Crippen molar-refractivity contribution >= 4 is 23.4 Å². The third-order valence-corrected chi connectivity index (χ3v) is 3.46. The van der Waals surface area contributed by atoms with Gasteiger partial charge in [-0.1, -0.05) is 11.8 Å². The van der Waals surface area contributed by atoms with Crippen LogP contribution in [0.2, 0.25) is 0 Å². The Hall–Kier alpha value is -2.57. The third kappa shape index (κ3) is 3.05. The number of aliphatic imine (C=N–C) groups is 1. The molecule has 0 fully saturated rings. The van der Waals surface area contributed by atoms with Gasteiger partial charge in [-0.3, -0.25) is 4.79 Å². The van der Waals surface area contributed by atoms with Crippen LogP contribution in [0.4, 0.5) is 0 Å². The van der Waals surface area contributed by atoms with E-state index in [1.54, 1.807) is 24.3 Å². The number of hydrogen-bond donors (Lipinski definition) is 0. The number of esters is 1. The van der Waals surface area contributed by atoms with Gasteiger partial charge in [-0.2, -0.15) is 10.5 Å². The molecule has 0 unspecified atom stereocenters. The highest BCUT2D eigenvalue weighted by Crippen LogP contribution is 2.30. The molecule has 1 aliphatic heterocycles. The molecule has 20 heavy (non-hydrogen) atoms. The van der Waals surface area contributed by atoms with Crippen molar-refractivity contribution < 1.29 is 9.53 Å². The van der Waals surface area contributed by atoms with Crippen molar-refractivity contribution in [3.05, 3.63) is 40.4 Å². The lowest BCUT2D eigenvalue weighted by atomic mass is 10.1. The lowest BCUT2D eigenvalue weighted by molar-refractivity contribution is -0.131. The summed E-state index contributed by atoms with van der Waals surface area (Å²) in [4.78, 5) is 15.1. The van der Waals surface area contributed by atoms with E-state index in [4.69, 9.17) is 15.3 Å². The Labute approximate surface area is 120 Å². The molecule has 1 aromatic carbocycles. The Morgan fingerprint density at radius 2 is 1.95 bits per heavy atom. The van der Waals surface area contributed by atoms with E-state index >= 15 is 0 Å². The summed E-state index contributed by atoms with van der Waals surface area (Å²) in [5.74, 6) is 0.706. The van der Waals surface area contributed by atoms with Gasteiger partial charge in [0.1, 0.15) is 22.9 Å². The second kappa shape index (κ2) is 6.05. The average molecular weight is 283 g/mol. The zero-order valence-electron chi connectivity index (χ0n) is 10.6. The molecule has 1 aromatic rings. The first-order chi connectivity index (χ1) is 9.63. The number of thioether (sulfide) groups is 1. The molecule has 1 heterocycles. The van der Waals surface area contributed by atoms with Crippen LogP contribution < -0.4 is 4.74 Å². The van der Waals surface area contributed by atoms with Crippen LogP contribution in [0.15, 0.2) is 39.9 Å². The van der Waals surface area contributed by atoms with Gasteiger partial charge in [0, 0.05) is 12.7 Å². The zero-order chi connectivity index (χ0) is 14.5. The summed E-state index contributed by atoms with van der Waals surface area (Å²) in [5, 5.41) is 18.1. The van der Waals surface area contributed by atoms with Gasteiger partial charge < -0.3 is 4.74 Å². The van der Waals surface area contributed by atoms with Crippen LogP contribution in [-0.2, 0) is 4.79 Å². The van der Waals surface area contributed by atoms with Crippen molar-refractivity contribution in [2.24, 2.45) is 4.99 Å². The third-order valence-electron chi connectivity index (χ3n) is 2.47. The van der Waals surface area contributed by atoms with Gasteiger partial charge in [-0.05, 0) is 29.8 Å². The number of nitriles is 2. The maximum absolute atomic E-state index is 10.8. The van der Waals surface area contributed by atoms with Crippen LogP contribution in [0, 0.1) is 22.7 Å². The van der Waals surface area contributed by atoms with Crippen molar-refractivity contribution in [3.8, 4) is 17.9 Å². The monoisotopic (exact) mass is 283 g/mol. The molecule has 0 N–H and O–H groups in total. The van der Waals surface area contributed by atoms with Crippen LogP contribution in [0.1, 0.15) is 12.5 Å². The first-order valence-corrected chi connectivity index (χ1v) is 6.66. The van der Waals surface area contributed by atoms with Crippen molar-refractivity contribution in [3.63, 3.8) is 0 Å². The minimum atomic E-state index is -0.371. The smallest absolute Gasteiger partial charge is 0.308 e. The molecular formula is C14H9N3O2S. The molecule has 0 spiro atoms. The minimum absolute atomic E-state index is 0.0292. The second-order valence-electron chi connectivity index (χ2n) is 3.87. The average Bonchev–Trinajstić information content (AvgIpc) is 2.90. The quantitative estimate of drug-likeness (QED) is 0.472. The van der Waals surface area contributed by atoms with Gasteiger partial charge in [-0.15, -0.1) is 0 Å². The number of benzene rings is 1. The number of allylic oxidation sites excluding steroid dienone is 1. The van der Waals surface area contributed by atoms with E-state index in [0.29, 0.717) is 16.5 Å². The summed E-state index contributed by atoms with van der Waals surface area (Å²) in [6.07, 6.45) is 0. The van der Waals surface area contributed by atoms with E-state index in [9.17, 15) is 4.79 Å². The summed E-state index contributed by atoms with van der Waals surface area (Å²) in [6.45, 7) is 1.34. The molecule has 0 radical (unpaired) electrons. The van der Waals surface area contributed by atoms with E-state index < -0.39 is 0 Å². The van der Waals surface area contributed by atoms with E-state index in [1.165, 1.54) is 18.7 Å². The molecule has 2 rings (SSSR count). The predicted octanol–water partition coefficient (Wildman–Crippen LogP) is 2.41. The minimum Gasteiger partial charge on any atom is -0.427 e. The highest BCUT2D eigenvalue weighted by atomic mass is 32.2. The highest BCUT2D eigenvalue weighted by molar-refractivity contribution is 8.04. The van der Waals surface area contributed by atoms with E-state index in [1.807, 2.05) is 12.1 Å². The molecule has 98 valence electrons. The SMILES string of the molecule is CC(=O)Oc1ccc(C2=NC(=C(C#N)C#N)SC2)cc1. The molecule has 0 saturated heterocycles. The topological polar surface area (TPSA) is 86.2 Å². The molecule has 6 heteroatoms. The van der Waals surface area contributed by atoms with Gasteiger partial charge in [0.05, 0.1) is 5.71 Å². The lowest BCUT2D eigenvalue weighted by Gasteiger charge is -2.02. The molecule has 0 saturated carbocycles. The fourth-order valence-corrected chi connectivity index (χ4v) is 2.52. The predicted molar refractivity (Wildman–Crippen MR) is 75.0 cm³/mol. The van der Waals surface area contributed by atoms with Crippen molar-refractivity contribution in [2.45, 2.75) is 6.92 Å². The summed E-state index contributed by atoms with van der Waals surface area (Å²) in [7, 11) is 0. The Morgan fingerprint density at radius 1 is 1.30 bits per heavy atom. The number of rotatable bonds is 2. The van der Waals surface area contributed by atoms with Gasteiger partial charge in [0.2, 0.25) is 0 Å². The fraction of sp³-hybridized carbons (Fsp3) is 0.143. The van der Waals surface area contributed by atoms with Crippen LogP contribution in [0.3, 0.4) is 0 Å².